The number of benzene rings is 1. The Bertz CT molecular complexity index is 291. The highest BCUT2D eigenvalue weighted by Gasteiger charge is 2.02. The molecule has 0 unspecified atom stereocenters. The summed E-state index contributed by atoms with van der Waals surface area (Å²) in [5.41, 5.74) is 6.02. The minimum absolute atomic E-state index is 0.277. The van der Waals surface area contributed by atoms with Gasteiger partial charge in [0, 0.05) is 12.6 Å². The summed E-state index contributed by atoms with van der Waals surface area (Å²) in [5, 5.41) is 3.06. The van der Waals surface area contributed by atoms with Gasteiger partial charge in [-0.3, -0.25) is 0 Å². The highest BCUT2D eigenvalue weighted by molar-refractivity contribution is 5.56. The molecule has 0 amide bonds. The third-order valence-corrected chi connectivity index (χ3v) is 1.86. The summed E-state index contributed by atoms with van der Waals surface area (Å²) in [6, 6.07) is 4.38. The monoisotopic (exact) mass is 198 g/mol. The number of nitrogens with one attached hydrogen (secondary N) is 1. The van der Waals surface area contributed by atoms with E-state index in [4.69, 9.17) is 10.5 Å². The number of halogens is 1. The number of nitrogens with two attached hydrogens (primary N) is 1. The van der Waals surface area contributed by atoms with Gasteiger partial charge in [0.25, 0.3) is 0 Å². The van der Waals surface area contributed by atoms with Crippen LogP contribution in [0.25, 0.3) is 0 Å². The molecule has 1 rings (SSSR count). The van der Waals surface area contributed by atoms with Crippen LogP contribution in [0, 0.1) is 5.82 Å². The first-order valence-electron chi connectivity index (χ1n) is 4.55. The normalized spacial score (nSPS) is 9.93. The van der Waals surface area contributed by atoms with Gasteiger partial charge in [0.1, 0.15) is 11.6 Å². The van der Waals surface area contributed by atoms with E-state index in [9.17, 15) is 4.39 Å². The fourth-order valence-corrected chi connectivity index (χ4v) is 1.14. The lowest BCUT2D eigenvalue weighted by Gasteiger charge is -2.10. The van der Waals surface area contributed by atoms with Crippen molar-refractivity contribution in [2.75, 3.05) is 25.5 Å². The van der Waals surface area contributed by atoms with E-state index in [1.165, 1.54) is 12.1 Å². The summed E-state index contributed by atoms with van der Waals surface area (Å²) in [5.74, 6) is 0.365. The van der Waals surface area contributed by atoms with E-state index in [0.717, 1.165) is 13.0 Å². The van der Waals surface area contributed by atoms with Crippen LogP contribution in [0.3, 0.4) is 0 Å². The predicted octanol–water partition coefficient (Wildman–Crippen LogP) is 1.59. The predicted molar refractivity (Wildman–Crippen MR) is 55.1 cm³/mol. The summed E-state index contributed by atoms with van der Waals surface area (Å²) in [6.07, 6.45) is 0.847. The van der Waals surface area contributed by atoms with Crippen molar-refractivity contribution in [2.24, 2.45) is 5.73 Å². The van der Waals surface area contributed by atoms with Gasteiger partial charge in [-0.25, -0.2) is 4.39 Å². The number of hydrogen-bond acceptors (Lipinski definition) is 3. The van der Waals surface area contributed by atoms with Gasteiger partial charge in [0.15, 0.2) is 0 Å². The molecular formula is C10H15FN2O. The van der Waals surface area contributed by atoms with Crippen LogP contribution >= 0.6 is 0 Å². The molecule has 4 heteroatoms. The first-order valence-corrected chi connectivity index (χ1v) is 4.55. The van der Waals surface area contributed by atoms with Crippen LogP contribution in [-0.2, 0) is 0 Å². The van der Waals surface area contributed by atoms with Gasteiger partial charge < -0.3 is 15.8 Å². The average Bonchev–Trinajstić information content (AvgIpc) is 2.19. The van der Waals surface area contributed by atoms with Crippen LogP contribution in [0.4, 0.5) is 10.1 Å². The second-order valence-electron chi connectivity index (χ2n) is 2.91. The topological polar surface area (TPSA) is 47.3 Å². The van der Waals surface area contributed by atoms with Crippen molar-refractivity contribution in [1.29, 1.82) is 0 Å². The van der Waals surface area contributed by atoms with Crippen molar-refractivity contribution in [3.63, 3.8) is 0 Å². The fourth-order valence-electron chi connectivity index (χ4n) is 1.14. The molecule has 0 aliphatic carbocycles. The molecule has 0 heterocycles. The van der Waals surface area contributed by atoms with Crippen LogP contribution < -0.4 is 15.8 Å². The Morgan fingerprint density at radius 2 is 2.29 bits per heavy atom. The van der Waals surface area contributed by atoms with Crippen LogP contribution in [-0.4, -0.2) is 20.2 Å². The van der Waals surface area contributed by atoms with Crippen LogP contribution in [0.15, 0.2) is 18.2 Å². The third kappa shape index (κ3) is 2.88. The van der Waals surface area contributed by atoms with E-state index >= 15 is 0 Å². The molecule has 78 valence electrons. The standard InChI is InChI=1S/C10H15FN2O/c1-14-10-4-3-8(11)7-9(10)13-6-2-5-12/h3-4,7,13H,2,5-6,12H2,1H3. The Labute approximate surface area is 83.1 Å². The highest BCUT2D eigenvalue weighted by Crippen LogP contribution is 2.24. The maximum Gasteiger partial charge on any atom is 0.142 e. The summed E-state index contributed by atoms with van der Waals surface area (Å²) in [6.45, 7) is 1.33. The van der Waals surface area contributed by atoms with Gasteiger partial charge >= 0.3 is 0 Å². The molecule has 0 radical (unpaired) electrons. The quantitative estimate of drug-likeness (QED) is 0.706. The van der Waals surface area contributed by atoms with Gasteiger partial charge in [0.2, 0.25) is 0 Å². The average molecular weight is 198 g/mol. The third-order valence-electron chi connectivity index (χ3n) is 1.86. The van der Waals surface area contributed by atoms with Gasteiger partial charge in [-0.1, -0.05) is 0 Å². The number of rotatable bonds is 5. The van der Waals surface area contributed by atoms with Crippen molar-refractivity contribution < 1.29 is 9.13 Å². The first kappa shape index (κ1) is 10.8. The zero-order valence-electron chi connectivity index (χ0n) is 8.22. The summed E-state index contributed by atoms with van der Waals surface area (Å²) in [4.78, 5) is 0. The molecule has 3 nitrogen and oxygen atoms in total. The number of hydrogen-bond donors (Lipinski definition) is 2. The molecule has 0 saturated heterocycles. The summed E-state index contributed by atoms with van der Waals surface area (Å²) >= 11 is 0. The molecule has 0 aliphatic rings. The van der Waals surface area contributed by atoms with Crippen molar-refractivity contribution in [1.82, 2.24) is 0 Å². The van der Waals surface area contributed by atoms with Crippen molar-refractivity contribution in [3.05, 3.63) is 24.0 Å². The number of ether oxygens (including phenoxy) is 1. The summed E-state index contributed by atoms with van der Waals surface area (Å²) < 4.78 is 17.9. The molecule has 0 atom stereocenters. The molecule has 1 aromatic rings. The lowest BCUT2D eigenvalue weighted by atomic mass is 10.2. The lowest BCUT2D eigenvalue weighted by molar-refractivity contribution is 0.415. The minimum atomic E-state index is -0.277. The number of methoxy groups -OCH3 is 1. The van der Waals surface area contributed by atoms with E-state index < -0.39 is 0 Å². The Balaban J connectivity index is 2.67. The number of anilines is 1. The largest absolute Gasteiger partial charge is 0.495 e. The molecule has 0 fully saturated rings. The molecular weight excluding hydrogens is 183 g/mol. The Kier molecular flexibility index (Phi) is 4.19. The van der Waals surface area contributed by atoms with Crippen molar-refractivity contribution in [3.8, 4) is 5.75 Å². The van der Waals surface area contributed by atoms with Crippen molar-refractivity contribution in [2.45, 2.75) is 6.42 Å². The van der Waals surface area contributed by atoms with Gasteiger partial charge in [0.05, 0.1) is 12.8 Å². The zero-order valence-corrected chi connectivity index (χ0v) is 8.22. The molecule has 0 saturated carbocycles. The molecule has 0 aliphatic heterocycles. The molecule has 0 aromatic heterocycles. The van der Waals surface area contributed by atoms with Gasteiger partial charge in [-0.05, 0) is 25.1 Å². The smallest absolute Gasteiger partial charge is 0.142 e. The van der Waals surface area contributed by atoms with E-state index in [1.54, 1.807) is 13.2 Å². The SMILES string of the molecule is COc1ccc(F)cc1NCCCN. The Morgan fingerprint density at radius 3 is 2.93 bits per heavy atom. The minimum Gasteiger partial charge on any atom is -0.495 e. The Morgan fingerprint density at radius 1 is 1.50 bits per heavy atom. The van der Waals surface area contributed by atoms with Gasteiger partial charge in [-0.2, -0.15) is 0 Å². The maximum absolute atomic E-state index is 12.9. The fraction of sp³-hybridized carbons (Fsp3) is 0.400. The van der Waals surface area contributed by atoms with Crippen molar-refractivity contribution >= 4 is 5.69 Å². The second-order valence-corrected chi connectivity index (χ2v) is 2.91. The molecule has 1 aromatic carbocycles. The second kappa shape index (κ2) is 5.44. The van der Waals surface area contributed by atoms with E-state index in [1.807, 2.05) is 0 Å². The van der Waals surface area contributed by atoms with Crippen LogP contribution in [0.5, 0.6) is 5.75 Å². The van der Waals surface area contributed by atoms with Gasteiger partial charge in [-0.15, -0.1) is 0 Å². The summed E-state index contributed by atoms with van der Waals surface area (Å²) in [7, 11) is 1.56. The highest BCUT2D eigenvalue weighted by atomic mass is 19.1. The van der Waals surface area contributed by atoms with E-state index in [0.29, 0.717) is 18.0 Å². The zero-order chi connectivity index (χ0) is 10.4. The van der Waals surface area contributed by atoms with E-state index in [2.05, 4.69) is 5.32 Å². The first-order chi connectivity index (χ1) is 6.77. The maximum atomic E-state index is 12.9. The molecule has 0 spiro atoms. The molecule has 14 heavy (non-hydrogen) atoms. The van der Waals surface area contributed by atoms with Crippen LogP contribution in [0.1, 0.15) is 6.42 Å². The Hall–Kier alpha value is -1.29. The lowest BCUT2D eigenvalue weighted by Crippen LogP contribution is -2.09. The van der Waals surface area contributed by atoms with Crippen LogP contribution in [0.2, 0.25) is 0 Å². The molecule has 3 N–H and O–H groups in total. The molecule has 0 bridgehead atoms. The van der Waals surface area contributed by atoms with E-state index in [-0.39, 0.29) is 5.82 Å².